The number of hydrogen-bond donors (Lipinski definition) is 1. The zero-order valence-electron chi connectivity index (χ0n) is 19.2. The largest absolute Gasteiger partial charge is 0.496 e. The molecule has 0 fully saturated rings. The van der Waals surface area contributed by atoms with Gasteiger partial charge in [-0.2, -0.15) is 4.31 Å². The van der Waals surface area contributed by atoms with Gasteiger partial charge in [0.25, 0.3) is 0 Å². The Hall–Kier alpha value is -2.42. The van der Waals surface area contributed by atoms with Gasteiger partial charge in [-0.25, -0.2) is 8.42 Å². The number of rotatable bonds is 10. The zero-order valence-corrected chi connectivity index (χ0v) is 20.0. The Morgan fingerprint density at radius 1 is 1.13 bits per heavy atom. The number of aryl methyl sites for hydroxylation is 1. The monoisotopic (exact) mass is 447 g/mol. The summed E-state index contributed by atoms with van der Waals surface area (Å²) in [6.07, 6.45) is 0. The number of hydrogen-bond acceptors (Lipinski definition) is 5. The molecular formula is C23H33N3O4S. The van der Waals surface area contributed by atoms with Crippen molar-refractivity contribution in [1.29, 1.82) is 0 Å². The number of nitrogens with one attached hydrogen (secondary N) is 1. The Morgan fingerprint density at radius 2 is 1.77 bits per heavy atom. The van der Waals surface area contributed by atoms with Crippen LogP contribution in [0.5, 0.6) is 5.75 Å². The highest BCUT2D eigenvalue weighted by atomic mass is 32.2. The van der Waals surface area contributed by atoms with Crippen LogP contribution in [-0.2, 0) is 21.4 Å². The average Bonchev–Trinajstić information content (AvgIpc) is 2.75. The van der Waals surface area contributed by atoms with Gasteiger partial charge < -0.3 is 10.1 Å². The molecule has 0 radical (unpaired) electrons. The molecule has 1 atom stereocenters. The molecule has 0 aromatic heterocycles. The van der Waals surface area contributed by atoms with E-state index in [4.69, 9.17) is 4.74 Å². The second-order valence-corrected chi connectivity index (χ2v) is 9.37. The minimum Gasteiger partial charge on any atom is -0.496 e. The van der Waals surface area contributed by atoms with Gasteiger partial charge in [-0.1, -0.05) is 38.1 Å². The number of benzene rings is 2. The first-order valence-corrected chi connectivity index (χ1v) is 11.8. The van der Waals surface area contributed by atoms with Crippen LogP contribution in [0.2, 0.25) is 0 Å². The van der Waals surface area contributed by atoms with Gasteiger partial charge >= 0.3 is 0 Å². The molecule has 1 N–H and O–H groups in total. The van der Waals surface area contributed by atoms with E-state index in [-0.39, 0.29) is 10.8 Å². The first-order valence-electron chi connectivity index (χ1n) is 10.4. The molecule has 0 unspecified atom stereocenters. The standard InChI is InChI=1S/C23H33N3O4S/c1-7-26(8-2)31(28,29)22-15-20(14-13-17(22)3)24-23(27)18(4)25(5)16-19-11-9-10-12-21(19)30-6/h9-15,18H,7-8,16H2,1-6H3,(H,24,27)/t18-/m1/s1. The van der Waals surface area contributed by atoms with E-state index in [1.165, 1.54) is 10.4 Å². The third-order valence-corrected chi connectivity index (χ3v) is 7.62. The Kier molecular flexibility index (Phi) is 8.61. The summed E-state index contributed by atoms with van der Waals surface area (Å²) in [6, 6.07) is 12.2. The SMILES string of the molecule is CCN(CC)S(=O)(=O)c1cc(NC(=O)[C@@H](C)N(C)Cc2ccccc2OC)ccc1C. The smallest absolute Gasteiger partial charge is 0.243 e. The molecule has 7 nitrogen and oxygen atoms in total. The normalized spacial score (nSPS) is 12.8. The summed E-state index contributed by atoms with van der Waals surface area (Å²) in [6.45, 7) is 8.49. The maximum atomic E-state index is 13.0. The Morgan fingerprint density at radius 3 is 2.39 bits per heavy atom. The van der Waals surface area contributed by atoms with Crippen LogP contribution in [0.25, 0.3) is 0 Å². The van der Waals surface area contributed by atoms with Crippen LogP contribution >= 0.6 is 0 Å². The highest BCUT2D eigenvalue weighted by Gasteiger charge is 2.25. The average molecular weight is 448 g/mol. The number of carbonyl (C=O) groups excluding carboxylic acids is 1. The molecule has 0 bridgehead atoms. The molecular weight excluding hydrogens is 414 g/mol. The van der Waals surface area contributed by atoms with Crippen molar-refractivity contribution in [3.05, 3.63) is 53.6 Å². The summed E-state index contributed by atoms with van der Waals surface area (Å²) in [7, 11) is -0.133. The van der Waals surface area contributed by atoms with Crippen molar-refractivity contribution < 1.29 is 17.9 Å². The number of sulfonamides is 1. The van der Waals surface area contributed by atoms with E-state index in [1.807, 2.05) is 43.1 Å². The van der Waals surface area contributed by atoms with Crippen LogP contribution in [-0.4, -0.2) is 56.8 Å². The van der Waals surface area contributed by atoms with E-state index in [2.05, 4.69) is 5.32 Å². The number of methoxy groups -OCH3 is 1. The van der Waals surface area contributed by atoms with Gasteiger partial charge in [-0.3, -0.25) is 9.69 Å². The van der Waals surface area contributed by atoms with Gasteiger partial charge in [0.2, 0.25) is 15.9 Å². The molecule has 0 aliphatic rings. The molecule has 2 rings (SSSR count). The molecule has 0 heterocycles. The van der Waals surface area contributed by atoms with Gasteiger partial charge in [-0.05, 0) is 44.7 Å². The highest BCUT2D eigenvalue weighted by molar-refractivity contribution is 7.89. The number of amides is 1. The molecule has 0 aliphatic carbocycles. The lowest BCUT2D eigenvalue weighted by atomic mass is 10.1. The Bertz CT molecular complexity index is 1000. The van der Waals surface area contributed by atoms with Crippen LogP contribution in [0.3, 0.4) is 0 Å². The van der Waals surface area contributed by atoms with Crippen LogP contribution < -0.4 is 10.1 Å². The van der Waals surface area contributed by atoms with Gasteiger partial charge in [0.15, 0.2) is 0 Å². The third kappa shape index (κ3) is 5.84. The number of carbonyl (C=O) groups is 1. The van der Waals surface area contributed by atoms with Crippen LogP contribution in [0, 0.1) is 6.92 Å². The lowest BCUT2D eigenvalue weighted by Gasteiger charge is -2.25. The molecule has 170 valence electrons. The van der Waals surface area contributed by atoms with Gasteiger partial charge in [0.1, 0.15) is 5.75 Å². The molecule has 31 heavy (non-hydrogen) atoms. The third-order valence-electron chi connectivity index (χ3n) is 5.43. The van der Waals surface area contributed by atoms with Crippen molar-refractivity contribution in [3.8, 4) is 5.75 Å². The second-order valence-electron chi connectivity index (χ2n) is 7.46. The van der Waals surface area contributed by atoms with E-state index >= 15 is 0 Å². The Labute approximate surface area is 186 Å². The Balaban J connectivity index is 2.18. The van der Waals surface area contributed by atoms with Crippen molar-refractivity contribution >= 4 is 21.6 Å². The van der Waals surface area contributed by atoms with Crippen molar-refractivity contribution in [2.75, 3.05) is 32.6 Å². The molecule has 0 spiro atoms. The zero-order chi connectivity index (χ0) is 23.2. The summed E-state index contributed by atoms with van der Waals surface area (Å²) in [5, 5.41) is 2.86. The number of anilines is 1. The topological polar surface area (TPSA) is 79.0 Å². The quantitative estimate of drug-likeness (QED) is 0.603. The fraction of sp³-hybridized carbons (Fsp3) is 0.435. The first-order chi connectivity index (χ1) is 14.6. The van der Waals surface area contributed by atoms with Crippen molar-refractivity contribution in [3.63, 3.8) is 0 Å². The van der Waals surface area contributed by atoms with Crippen LogP contribution in [0.1, 0.15) is 31.9 Å². The maximum absolute atomic E-state index is 13.0. The minimum absolute atomic E-state index is 0.212. The van der Waals surface area contributed by atoms with Gasteiger partial charge in [-0.15, -0.1) is 0 Å². The summed E-state index contributed by atoms with van der Waals surface area (Å²) < 4.78 is 32.7. The number of para-hydroxylation sites is 1. The van der Waals surface area contributed by atoms with Gasteiger partial charge in [0, 0.05) is 30.9 Å². The fourth-order valence-electron chi connectivity index (χ4n) is 3.34. The predicted octanol–water partition coefficient (Wildman–Crippen LogP) is 3.49. The highest BCUT2D eigenvalue weighted by Crippen LogP contribution is 2.24. The number of nitrogens with zero attached hydrogens (tertiary/aromatic N) is 2. The number of likely N-dealkylation sites (N-methyl/N-ethyl adjacent to an activating group) is 1. The van der Waals surface area contributed by atoms with Crippen LogP contribution in [0.4, 0.5) is 5.69 Å². The summed E-state index contributed by atoms with van der Waals surface area (Å²) in [5.74, 6) is 0.555. The molecule has 1 amide bonds. The lowest BCUT2D eigenvalue weighted by molar-refractivity contribution is -0.120. The molecule has 8 heteroatoms. The van der Waals surface area contributed by atoms with Crippen molar-refractivity contribution in [1.82, 2.24) is 9.21 Å². The molecule has 0 saturated heterocycles. The summed E-state index contributed by atoms with van der Waals surface area (Å²) >= 11 is 0. The minimum atomic E-state index is -3.62. The van der Waals surface area contributed by atoms with E-state index in [1.54, 1.807) is 40.0 Å². The van der Waals surface area contributed by atoms with E-state index in [9.17, 15) is 13.2 Å². The van der Waals surface area contributed by atoms with Crippen molar-refractivity contribution in [2.45, 2.75) is 45.2 Å². The second kappa shape index (κ2) is 10.7. The molecule has 0 aliphatic heterocycles. The summed E-state index contributed by atoms with van der Waals surface area (Å²) in [5.41, 5.74) is 2.08. The van der Waals surface area contributed by atoms with E-state index in [0.29, 0.717) is 30.9 Å². The summed E-state index contributed by atoms with van der Waals surface area (Å²) in [4.78, 5) is 15.0. The lowest BCUT2D eigenvalue weighted by Crippen LogP contribution is -2.39. The molecule has 0 saturated carbocycles. The van der Waals surface area contributed by atoms with E-state index < -0.39 is 16.1 Å². The maximum Gasteiger partial charge on any atom is 0.243 e. The predicted molar refractivity (Wildman–Crippen MR) is 124 cm³/mol. The van der Waals surface area contributed by atoms with Crippen LogP contribution in [0.15, 0.2) is 47.4 Å². The van der Waals surface area contributed by atoms with Crippen molar-refractivity contribution in [2.24, 2.45) is 0 Å². The van der Waals surface area contributed by atoms with E-state index in [0.717, 1.165) is 11.3 Å². The molecule has 2 aromatic rings. The molecule has 2 aromatic carbocycles. The fourth-order valence-corrected chi connectivity index (χ4v) is 5.05. The first kappa shape index (κ1) is 24.8. The number of ether oxygens (including phenoxy) is 1. The van der Waals surface area contributed by atoms with Gasteiger partial charge in [0.05, 0.1) is 18.0 Å².